The maximum absolute atomic E-state index is 12.7. The van der Waals surface area contributed by atoms with Crippen LogP contribution in [0.3, 0.4) is 0 Å². The van der Waals surface area contributed by atoms with Gasteiger partial charge in [-0.25, -0.2) is 0 Å². The van der Waals surface area contributed by atoms with Crippen molar-refractivity contribution in [1.29, 1.82) is 0 Å². The first-order valence-corrected chi connectivity index (χ1v) is 8.13. The van der Waals surface area contributed by atoms with E-state index in [-0.39, 0.29) is 23.8 Å². The second kappa shape index (κ2) is 6.32. The number of carbonyl (C=O) groups excluding carboxylic acids is 2. The highest BCUT2D eigenvalue weighted by Gasteiger charge is 2.38. The van der Waals surface area contributed by atoms with Crippen molar-refractivity contribution in [2.45, 2.75) is 26.3 Å². The Morgan fingerprint density at radius 2 is 1.87 bits per heavy atom. The Kier molecular flexibility index (Phi) is 4.39. The van der Waals surface area contributed by atoms with Gasteiger partial charge in [-0.15, -0.1) is 0 Å². The van der Waals surface area contributed by atoms with Crippen molar-refractivity contribution >= 4 is 11.8 Å². The summed E-state index contributed by atoms with van der Waals surface area (Å²) in [6.45, 7) is 6.02. The number of hydrogen-bond donors (Lipinski definition) is 0. The molecule has 2 aliphatic heterocycles. The fourth-order valence-corrected chi connectivity index (χ4v) is 3.56. The molecule has 2 aliphatic rings. The average molecular weight is 316 g/mol. The monoisotopic (exact) mass is 316 g/mol. The molecule has 0 N–H and O–H groups in total. The predicted octanol–water partition coefficient (Wildman–Crippen LogP) is 1.16. The standard InChI is InChI=1S/C18H24N2O3/c1-12-4-13(2)6-14(5-12)7-17(21)20-8-15-10-23-11-16(9-20)19(3)18(15)22/h4-6,15-16H,7-11H2,1-3H3/t15-,16+/m1/s1. The summed E-state index contributed by atoms with van der Waals surface area (Å²) in [5.74, 6) is -0.0557. The minimum absolute atomic E-state index is 0.0433. The molecule has 0 aromatic heterocycles. The van der Waals surface area contributed by atoms with Gasteiger partial charge >= 0.3 is 0 Å². The van der Waals surface area contributed by atoms with Crippen LogP contribution in [0.15, 0.2) is 18.2 Å². The molecule has 2 fully saturated rings. The molecule has 1 aromatic rings. The van der Waals surface area contributed by atoms with Crippen molar-refractivity contribution < 1.29 is 14.3 Å². The number of fused-ring (bicyclic) bond motifs is 3. The number of carbonyl (C=O) groups is 2. The van der Waals surface area contributed by atoms with E-state index < -0.39 is 0 Å². The van der Waals surface area contributed by atoms with E-state index in [4.69, 9.17) is 4.74 Å². The van der Waals surface area contributed by atoms with Gasteiger partial charge in [-0.3, -0.25) is 9.59 Å². The Labute approximate surface area is 137 Å². The van der Waals surface area contributed by atoms with E-state index in [2.05, 4.69) is 18.2 Å². The highest BCUT2D eigenvalue weighted by Crippen LogP contribution is 2.20. The summed E-state index contributed by atoms with van der Waals surface area (Å²) in [6, 6.07) is 6.18. The molecule has 0 aliphatic carbocycles. The van der Waals surface area contributed by atoms with Crippen LogP contribution in [0.25, 0.3) is 0 Å². The summed E-state index contributed by atoms with van der Waals surface area (Å²) in [5.41, 5.74) is 3.38. The van der Waals surface area contributed by atoms with Crippen molar-refractivity contribution in [1.82, 2.24) is 9.80 Å². The third kappa shape index (κ3) is 3.39. The normalized spacial score (nSPS) is 24.6. The Morgan fingerprint density at radius 1 is 1.17 bits per heavy atom. The number of ether oxygens (including phenoxy) is 1. The predicted molar refractivity (Wildman–Crippen MR) is 87.1 cm³/mol. The summed E-state index contributed by atoms with van der Waals surface area (Å²) in [6.07, 6.45) is 0.390. The fraction of sp³-hybridized carbons (Fsp3) is 0.556. The van der Waals surface area contributed by atoms with E-state index in [1.54, 1.807) is 4.90 Å². The molecule has 0 spiro atoms. The summed E-state index contributed by atoms with van der Waals surface area (Å²) in [4.78, 5) is 28.7. The van der Waals surface area contributed by atoms with Gasteiger partial charge in [0.05, 0.1) is 31.6 Å². The first-order chi connectivity index (χ1) is 10.9. The second-order valence-corrected chi connectivity index (χ2v) is 6.81. The van der Waals surface area contributed by atoms with E-state index in [9.17, 15) is 9.59 Å². The minimum atomic E-state index is -0.240. The molecule has 5 nitrogen and oxygen atoms in total. The molecular formula is C18H24N2O3. The number of rotatable bonds is 2. The summed E-state index contributed by atoms with van der Waals surface area (Å²) in [5, 5.41) is 0. The third-order valence-corrected chi connectivity index (χ3v) is 4.74. The van der Waals surface area contributed by atoms with Crippen LogP contribution in [0, 0.1) is 19.8 Å². The molecule has 2 bridgehead atoms. The molecule has 1 aromatic carbocycles. The van der Waals surface area contributed by atoms with Crippen molar-refractivity contribution in [2.24, 2.45) is 5.92 Å². The smallest absolute Gasteiger partial charge is 0.229 e. The van der Waals surface area contributed by atoms with Crippen molar-refractivity contribution in [3.8, 4) is 0 Å². The van der Waals surface area contributed by atoms with E-state index in [1.165, 1.54) is 11.1 Å². The molecule has 0 saturated carbocycles. The van der Waals surface area contributed by atoms with Crippen molar-refractivity contribution in [3.05, 3.63) is 34.9 Å². The van der Waals surface area contributed by atoms with Crippen LogP contribution in [0.2, 0.25) is 0 Å². The molecule has 2 amide bonds. The molecule has 3 rings (SSSR count). The molecular weight excluding hydrogens is 292 g/mol. The highest BCUT2D eigenvalue weighted by atomic mass is 16.5. The fourth-order valence-electron chi connectivity index (χ4n) is 3.56. The largest absolute Gasteiger partial charge is 0.378 e. The number of benzene rings is 1. The maximum Gasteiger partial charge on any atom is 0.229 e. The number of aryl methyl sites for hydroxylation is 2. The summed E-state index contributed by atoms with van der Waals surface area (Å²) >= 11 is 0. The van der Waals surface area contributed by atoms with E-state index in [0.29, 0.717) is 32.7 Å². The minimum Gasteiger partial charge on any atom is -0.378 e. The van der Waals surface area contributed by atoms with Gasteiger partial charge in [0.25, 0.3) is 0 Å². The van der Waals surface area contributed by atoms with Crippen molar-refractivity contribution in [3.63, 3.8) is 0 Å². The molecule has 0 radical (unpaired) electrons. The SMILES string of the molecule is Cc1cc(C)cc(CC(=O)N2C[C@@H]3COC[C@H](C2)N(C)C3=O)c1. The average Bonchev–Trinajstić information content (AvgIpc) is 2.63. The van der Waals surface area contributed by atoms with Gasteiger partial charge < -0.3 is 14.5 Å². The van der Waals surface area contributed by atoms with Crippen LogP contribution in [0.1, 0.15) is 16.7 Å². The Balaban J connectivity index is 1.76. The Morgan fingerprint density at radius 3 is 2.57 bits per heavy atom. The summed E-state index contributed by atoms with van der Waals surface area (Å²) < 4.78 is 5.58. The highest BCUT2D eigenvalue weighted by molar-refractivity contribution is 5.83. The quantitative estimate of drug-likeness (QED) is 0.823. The number of hydrogen-bond acceptors (Lipinski definition) is 3. The van der Waals surface area contributed by atoms with Gasteiger partial charge in [-0.2, -0.15) is 0 Å². The third-order valence-electron chi connectivity index (χ3n) is 4.74. The van der Waals surface area contributed by atoms with Crippen LogP contribution in [-0.4, -0.2) is 61.0 Å². The zero-order valence-corrected chi connectivity index (χ0v) is 14.0. The number of nitrogens with zero attached hydrogens (tertiary/aromatic N) is 2. The Hall–Kier alpha value is -1.88. The van der Waals surface area contributed by atoms with E-state index in [0.717, 1.165) is 5.56 Å². The molecule has 2 heterocycles. The summed E-state index contributed by atoms with van der Waals surface area (Å²) in [7, 11) is 1.81. The molecule has 5 heteroatoms. The molecule has 2 atom stereocenters. The topological polar surface area (TPSA) is 49.9 Å². The molecule has 0 unspecified atom stereocenters. The molecule has 124 valence electrons. The van der Waals surface area contributed by atoms with Crippen LogP contribution in [-0.2, 0) is 20.7 Å². The molecule has 23 heavy (non-hydrogen) atoms. The number of amides is 2. The van der Waals surface area contributed by atoms with Crippen LogP contribution in [0.5, 0.6) is 0 Å². The molecule has 2 saturated heterocycles. The lowest BCUT2D eigenvalue weighted by Gasteiger charge is -2.29. The Bertz CT molecular complexity index is 608. The number of likely N-dealkylation sites (N-methyl/N-ethyl adjacent to an activating group) is 1. The lowest BCUT2D eigenvalue weighted by molar-refractivity contribution is -0.134. The second-order valence-electron chi connectivity index (χ2n) is 6.81. The van der Waals surface area contributed by atoms with Gasteiger partial charge in [0, 0.05) is 20.1 Å². The van der Waals surface area contributed by atoms with E-state index >= 15 is 0 Å². The zero-order valence-electron chi connectivity index (χ0n) is 14.0. The van der Waals surface area contributed by atoms with Gasteiger partial charge in [0.2, 0.25) is 11.8 Å². The first-order valence-electron chi connectivity index (χ1n) is 8.13. The lowest BCUT2D eigenvalue weighted by atomic mass is 10.0. The van der Waals surface area contributed by atoms with Crippen LogP contribution < -0.4 is 0 Å². The van der Waals surface area contributed by atoms with Gasteiger partial charge in [0.15, 0.2) is 0 Å². The first kappa shape index (κ1) is 16.0. The van der Waals surface area contributed by atoms with Crippen LogP contribution >= 0.6 is 0 Å². The van der Waals surface area contributed by atoms with Gasteiger partial charge in [0.1, 0.15) is 0 Å². The zero-order chi connectivity index (χ0) is 16.6. The van der Waals surface area contributed by atoms with Gasteiger partial charge in [-0.1, -0.05) is 29.3 Å². The maximum atomic E-state index is 12.7. The van der Waals surface area contributed by atoms with Crippen LogP contribution in [0.4, 0.5) is 0 Å². The van der Waals surface area contributed by atoms with Gasteiger partial charge in [-0.05, 0) is 19.4 Å². The van der Waals surface area contributed by atoms with E-state index in [1.807, 2.05) is 25.8 Å². The van der Waals surface area contributed by atoms with Crippen molar-refractivity contribution in [2.75, 3.05) is 33.4 Å². The lowest BCUT2D eigenvalue weighted by Crippen LogP contribution is -2.45.